The Morgan fingerprint density at radius 1 is 1.11 bits per heavy atom. The number of ether oxygens (including phenoxy) is 1. The molecule has 3 aliphatic rings. The van der Waals surface area contributed by atoms with Crippen LogP contribution in [0, 0.1) is 0 Å². The highest BCUT2D eigenvalue weighted by molar-refractivity contribution is 5.89. The van der Waals surface area contributed by atoms with Crippen LogP contribution < -0.4 is 5.32 Å². The largest absolute Gasteiger partial charge is 0.359 e. The molecule has 152 valence electrons. The van der Waals surface area contributed by atoms with Crippen LogP contribution in [0.5, 0.6) is 0 Å². The van der Waals surface area contributed by atoms with Crippen molar-refractivity contribution in [2.24, 2.45) is 0 Å². The summed E-state index contributed by atoms with van der Waals surface area (Å²) in [6.07, 6.45) is 4.97. The number of rotatable bonds is 6. The van der Waals surface area contributed by atoms with Crippen molar-refractivity contribution in [3.8, 4) is 0 Å². The van der Waals surface area contributed by atoms with E-state index in [1.54, 1.807) is 7.05 Å². The summed E-state index contributed by atoms with van der Waals surface area (Å²) in [6.45, 7) is 4.17. The number of hydrogen-bond donors (Lipinski definition) is 1. The summed E-state index contributed by atoms with van der Waals surface area (Å²) in [5.41, 5.74) is 0.545. The zero-order valence-electron chi connectivity index (χ0n) is 16.8. The maximum atomic E-state index is 12.8. The molecule has 28 heavy (non-hydrogen) atoms. The quantitative estimate of drug-likeness (QED) is 0.808. The van der Waals surface area contributed by atoms with Crippen molar-refractivity contribution >= 4 is 11.8 Å². The van der Waals surface area contributed by atoms with Crippen molar-refractivity contribution < 1.29 is 14.3 Å². The number of piperidine rings is 1. The predicted octanol–water partition coefficient (Wildman–Crippen LogP) is 1.59. The van der Waals surface area contributed by atoms with E-state index < -0.39 is 5.60 Å². The zero-order valence-corrected chi connectivity index (χ0v) is 16.8. The molecule has 0 radical (unpaired) electrons. The molecule has 6 heteroatoms. The van der Waals surface area contributed by atoms with Gasteiger partial charge in [0.1, 0.15) is 5.60 Å². The molecule has 0 unspecified atom stereocenters. The van der Waals surface area contributed by atoms with Gasteiger partial charge in [-0.1, -0.05) is 30.3 Å². The number of nitrogens with zero attached hydrogens (tertiary/aromatic N) is 2. The Morgan fingerprint density at radius 2 is 1.82 bits per heavy atom. The van der Waals surface area contributed by atoms with Crippen molar-refractivity contribution in [1.29, 1.82) is 0 Å². The molecule has 2 aliphatic heterocycles. The van der Waals surface area contributed by atoms with Crippen LogP contribution in [0.25, 0.3) is 0 Å². The van der Waals surface area contributed by atoms with Crippen LogP contribution in [-0.2, 0) is 20.7 Å². The normalized spacial score (nSPS) is 23.2. The third-order valence-corrected chi connectivity index (χ3v) is 6.49. The van der Waals surface area contributed by atoms with Crippen molar-refractivity contribution in [3.63, 3.8) is 0 Å². The Bertz CT molecular complexity index is 709. The smallest absolute Gasteiger partial charge is 0.254 e. The van der Waals surface area contributed by atoms with Crippen LogP contribution in [0.15, 0.2) is 30.3 Å². The monoisotopic (exact) mass is 385 g/mol. The van der Waals surface area contributed by atoms with Crippen molar-refractivity contribution in [2.45, 2.75) is 49.7 Å². The van der Waals surface area contributed by atoms with Gasteiger partial charge >= 0.3 is 0 Å². The minimum Gasteiger partial charge on any atom is -0.359 e. The third kappa shape index (κ3) is 4.08. The second-order valence-electron chi connectivity index (χ2n) is 8.51. The first-order valence-corrected chi connectivity index (χ1v) is 10.5. The average molecular weight is 386 g/mol. The van der Waals surface area contributed by atoms with Crippen LogP contribution in [0.1, 0.15) is 37.7 Å². The van der Waals surface area contributed by atoms with Crippen LogP contribution in [-0.4, -0.2) is 72.6 Å². The minimum absolute atomic E-state index is 0.0195. The Hall–Kier alpha value is -1.92. The summed E-state index contributed by atoms with van der Waals surface area (Å²) in [5.74, 6) is 0.0717. The van der Waals surface area contributed by atoms with E-state index in [0.29, 0.717) is 19.5 Å². The molecule has 2 heterocycles. The molecule has 2 saturated heterocycles. The Balaban J connectivity index is 1.34. The van der Waals surface area contributed by atoms with E-state index in [-0.39, 0.29) is 17.4 Å². The molecule has 1 aromatic carbocycles. The lowest BCUT2D eigenvalue weighted by Crippen LogP contribution is -2.63. The van der Waals surface area contributed by atoms with Gasteiger partial charge in [0, 0.05) is 46.2 Å². The molecule has 1 N–H and O–H groups in total. The summed E-state index contributed by atoms with van der Waals surface area (Å²) >= 11 is 0. The topological polar surface area (TPSA) is 61.9 Å². The molecule has 6 nitrogen and oxygen atoms in total. The van der Waals surface area contributed by atoms with Gasteiger partial charge in [0.25, 0.3) is 5.91 Å². The number of carbonyl (C=O) groups excluding carboxylic acids is 2. The zero-order chi connectivity index (χ0) is 19.6. The second-order valence-corrected chi connectivity index (χ2v) is 8.51. The number of benzene rings is 1. The summed E-state index contributed by atoms with van der Waals surface area (Å²) in [6, 6.07) is 10.6. The van der Waals surface area contributed by atoms with Gasteiger partial charge in [0.15, 0.2) is 0 Å². The Kier molecular flexibility index (Phi) is 5.43. The molecule has 1 aromatic rings. The van der Waals surface area contributed by atoms with Crippen molar-refractivity contribution in [1.82, 2.24) is 15.1 Å². The molecule has 0 atom stereocenters. The van der Waals surface area contributed by atoms with Gasteiger partial charge < -0.3 is 19.9 Å². The molecule has 1 saturated carbocycles. The fraction of sp³-hybridized carbons (Fsp3) is 0.636. The predicted molar refractivity (Wildman–Crippen MR) is 107 cm³/mol. The molecular formula is C22H31N3O3. The van der Waals surface area contributed by atoms with E-state index in [1.807, 2.05) is 4.90 Å². The number of hydrogen-bond acceptors (Lipinski definition) is 4. The van der Waals surface area contributed by atoms with Gasteiger partial charge in [-0.2, -0.15) is 0 Å². The van der Waals surface area contributed by atoms with Gasteiger partial charge in [-0.15, -0.1) is 0 Å². The highest BCUT2D eigenvalue weighted by Gasteiger charge is 2.61. The molecule has 0 bridgehead atoms. The van der Waals surface area contributed by atoms with Crippen LogP contribution in [0.4, 0.5) is 0 Å². The third-order valence-electron chi connectivity index (χ3n) is 6.49. The van der Waals surface area contributed by atoms with Gasteiger partial charge in [0.05, 0.1) is 5.60 Å². The fourth-order valence-corrected chi connectivity index (χ4v) is 4.55. The van der Waals surface area contributed by atoms with E-state index in [0.717, 1.165) is 51.7 Å². The number of likely N-dealkylation sites (tertiary alicyclic amines) is 1. The molecule has 4 rings (SSSR count). The van der Waals surface area contributed by atoms with Gasteiger partial charge in [-0.05, 0) is 37.7 Å². The summed E-state index contributed by atoms with van der Waals surface area (Å²) in [4.78, 5) is 28.9. The van der Waals surface area contributed by atoms with E-state index in [2.05, 4.69) is 40.5 Å². The van der Waals surface area contributed by atoms with Crippen molar-refractivity contribution in [3.05, 3.63) is 35.9 Å². The number of nitrogens with one attached hydrogen (secondary N) is 1. The van der Waals surface area contributed by atoms with Crippen LogP contribution in [0.3, 0.4) is 0 Å². The van der Waals surface area contributed by atoms with E-state index in [9.17, 15) is 9.59 Å². The molecule has 0 aromatic heterocycles. The summed E-state index contributed by atoms with van der Waals surface area (Å²) < 4.78 is 6.48. The first kappa shape index (κ1) is 19.4. The number of morpholine rings is 1. The SMILES string of the molecule is CNC(=O)CCN1CC2(CCN(CCc3ccccc3)CC2)OC2(CC2)C1=O. The lowest BCUT2D eigenvalue weighted by Gasteiger charge is -2.50. The molecule has 3 fully saturated rings. The molecule has 2 amide bonds. The maximum Gasteiger partial charge on any atom is 0.254 e. The lowest BCUT2D eigenvalue weighted by atomic mass is 9.87. The summed E-state index contributed by atoms with van der Waals surface area (Å²) in [5, 5.41) is 2.65. The van der Waals surface area contributed by atoms with E-state index in [1.165, 1.54) is 5.56 Å². The second kappa shape index (κ2) is 7.84. The van der Waals surface area contributed by atoms with Crippen molar-refractivity contribution in [2.75, 3.05) is 39.8 Å². The van der Waals surface area contributed by atoms with Crippen LogP contribution in [0.2, 0.25) is 0 Å². The fourth-order valence-electron chi connectivity index (χ4n) is 4.55. The highest BCUT2D eigenvalue weighted by Crippen LogP contribution is 2.49. The Morgan fingerprint density at radius 3 is 2.46 bits per heavy atom. The number of amides is 2. The van der Waals surface area contributed by atoms with Crippen LogP contribution >= 0.6 is 0 Å². The van der Waals surface area contributed by atoms with Gasteiger partial charge in [-0.3, -0.25) is 9.59 Å². The molecular weight excluding hydrogens is 354 g/mol. The average Bonchev–Trinajstić information content (AvgIpc) is 3.50. The van der Waals surface area contributed by atoms with E-state index >= 15 is 0 Å². The highest BCUT2D eigenvalue weighted by atomic mass is 16.5. The Labute approximate surface area is 167 Å². The lowest BCUT2D eigenvalue weighted by molar-refractivity contribution is -0.200. The first-order chi connectivity index (χ1) is 13.5. The molecule has 1 aliphatic carbocycles. The van der Waals surface area contributed by atoms with E-state index in [4.69, 9.17) is 4.74 Å². The maximum absolute atomic E-state index is 12.8. The minimum atomic E-state index is -0.590. The van der Waals surface area contributed by atoms with Gasteiger partial charge in [0.2, 0.25) is 5.91 Å². The summed E-state index contributed by atoms with van der Waals surface area (Å²) in [7, 11) is 1.64. The standard InChI is InChI=1S/C22H31N3O3/c1-23-19(26)8-14-25-17-21(28-22(9-10-22)20(25)27)11-15-24(16-12-21)13-7-18-5-3-2-4-6-18/h2-6H,7-17H2,1H3,(H,23,26). The number of carbonyl (C=O) groups is 2. The molecule has 2 spiro atoms. The first-order valence-electron chi connectivity index (χ1n) is 10.5. The van der Waals surface area contributed by atoms with Gasteiger partial charge in [-0.25, -0.2) is 0 Å².